The SMILES string of the molecule is COc1cc(C)c(C2(C(C)CN)COC2)c(OC)c1. The number of benzene rings is 1. The van der Waals surface area contributed by atoms with Crippen molar-refractivity contribution in [2.24, 2.45) is 11.7 Å². The quantitative estimate of drug-likeness (QED) is 0.883. The van der Waals surface area contributed by atoms with Crippen LogP contribution in [0, 0.1) is 12.8 Å². The van der Waals surface area contributed by atoms with Gasteiger partial charge in [0.15, 0.2) is 0 Å². The second-order valence-electron chi connectivity index (χ2n) is 5.31. The standard InChI is InChI=1S/C15H23NO3/c1-10-5-12(17-3)6-13(18-4)14(10)15(8-19-9-15)11(2)7-16/h5-6,11H,7-9,16H2,1-4H3. The molecule has 1 heterocycles. The van der Waals surface area contributed by atoms with E-state index in [1.54, 1.807) is 14.2 Å². The van der Waals surface area contributed by atoms with Crippen LogP contribution in [-0.4, -0.2) is 34.0 Å². The van der Waals surface area contributed by atoms with Crippen molar-refractivity contribution in [2.75, 3.05) is 34.0 Å². The summed E-state index contributed by atoms with van der Waals surface area (Å²) >= 11 is 0. The summed E-state index contributed by atoms with van der Waals surface area (Å²) in [5.74, 6) is 2.02. The summed E-state index contributed by atoms with van der Waals surface area (Å²) in [6.45, 7) is 6.30. The number of hydrogen-bond acceptors (Lipinski definition) is 4. The minimum Gasteiger partial charge on any atom is -0.497 e. The lowest BCUT2D eigenvalue weighted by Gasteiger charge is -2.47. The summed E-state index contributed by atoms with van der Waals surface area (Å²) in [5, 5.41) is 0. The third-order valence-electron chi connectivity index (χ3n) is 4.24. The van der Waals surface area contributed by atoms with Crippen LogP contribution in [0.2, 0.25) is 0 Å². The molecule has 106 valence electrons. The van der Waals surface area contributed by atoms with Crippen molar-refractivity contribution in [1.29, 1.82) is 0 Å². The number of hydrogen-bond donors (Lipinski definition) is 1. The van der Waals surface area contributed by atoms with Gasteiger partial charge >= 0.3 is 0 Å². The van der Waals surface area contributed by atoms with Gasteiger partial charge in [0.25, 0.3) is 0 Å². The Labute approximate surface area is 114 Å². The Balaban J connectivity index is 2.54. The van der Waals surface area contributed by atoms with Gasteiger partial charge in [0, 0.05) is 17.0 Å². The first kappa shape index (κ1) is 14.2. The molecule has 1 aliphatic heterocycles. The molecule has 0 spiro atoms. The molecule has 19 heavy (non-hydrogen) atoms. The lowest BCUT2D eigenvalue weighted by molar-refractivity contribution is -0.0866. The monoisotopic (exact) mass is 265 g/mol. The molecule has 4 nitrogen and oxygen atoms in total. The third-order valence-corrected chi connectivity index (χ3v) is 4.24. The fourth-order valence-electron chi connectivity index (χ4n) is 2.86. The fourth-order valence-corrected chi connectivity index (χ4v) is 2.86. The predicted molar refractivity (Wildman–Crippen MR) is 75.0 cm³/mol. The summed E-state index contributed by atoms with van der Waals surface area (Å²) in [6.07, 6.45) is 0. The topological polar surface area (TPSA) is 53.7 Å². The average Bonchev–Trinajstić information content (AvgIpc) is 2.38. The molecule has 1 fully saturated rings. The Morgan fingerprint density at radius 3 is 2.42 bits per heavy atom. The van der Waals surface area contributed by atoms with Crippen LogP contribution in [0.3, 0.4) is 0 Å². The van der Waals surface area contributed by atoms with Gasteiger partial charge in [-0.1, -0.05) is 6.92 Å². The Kier molecular flexibility index (Phi) is 4.02. The number of rotatable bonds is 5. The predicted octanol–water partition coefficient (Wildman–Crippen LogP) is 1.88. The molecular formula is C15H23NO3. The number of ether oxygens (including phenoxy) is 3. The van der Waals surface area contributed by atoms with Crippen molar-refractivity contribution in [3.63, 3.8) is 0 Å². The molecule has 1 aromatic carbocycles. The number of aryl methyl sites for hydroxylation is 1. The van der Waals surface area contributed by atoms with Gasteiger partial charge in [-0.05, 0) is 31.0 Å². The molecule has 0 bridgehead atoms. The average molecular weight is 265 g/mol. The highest BCUT2D eigenvalue weighted by Gasteiger charge is 2.47. The maximum Gasteiger partial charge on any atom is 0.126 e. The van der Waals surface area contributed by atoms with Crippen LogP contribution >= 0.6 is 0 Å². The van der Waals surface area contributed by atoms with Crippen LogP contribution in [0.1, 0.15) is 18.1 Å². The lowest BCUT2D eigenvalue weighted by Crippen LogP contribution is -2.54. The molecule has 1 aromatic rings. The molecule has 0 amide bonds. The van der Waals surface area contributed by atoms with E-state index in [1.807, 2.05) is 12.1 Å². The molecule has 1 saturated heterocycles. The summed E-state index contributed by atoms with van der Waals surface area (Å²) in [5.41, 5.74) is 8.23. The van der Waals surface area contributed by atoms with E-state index >= 15 is 0 Å². The molecule has 2 rings (SSSR count). The van der Waals surface area contributed by atoms with Crippen molar-refractivity contribution < 1.29 is 14.2 Å². The molecule has 1 atom stereocenters. The van der Waals surface area contributed by atoms with Crippen LogP contribution in [-0.2, 0) is 10.2 Å². The highest BCUT2D eigenvalue weighted by atomic mass is 16.5. The second-order valence-corrected chi connectivity index (χ2v) is 5.31. The largest absolute Gasteiger partial charge is 0.497 e. The van der Waals surface area contributed by atoms with Crippen LogP contribution < -0.4 is 15.2 Å². The zero-order valence-corrected chi connectivity index (χ0v) is 12.2. The molecule has 0 radical (unpaired) electrons. The van der Waals surface area contributed by atoms with Crippen molar-refractivity contribution in [3.8, 4) is 11.5 Å². The van der Waals surface area contributed by atoms with E-state index in [-0.39, 0.29) is 5.41 Å². The summed E-state index contributed by atoms with van der Waals surface area (Å²) < 4.78 is 16.4. The molecule has 4 heteroatoms. The third kappa shape index (κ3) is 2.19. The van der Waals surface area contributed by atoms with Crippen molar-refractivity contribution >= 4 is 0 Å². The van der Waals surface area contributed by atoms with Gasteiger partial charge in [-0.3, -0.25) is 0 Å². The summed E-state index contributed by atoms with van der Waals surface area (Å²) in [4.78, 5) is 0. The van der Waals surface area contributed by atoms with E-state index in [9.17, 15) is 0 Å². The van der Waals surface area contributed by atoms with E-state index in [1.165, 1.54) is 11.1 Å². The minimum absolute atomic E-state index is 0.0313. The Hall–Kier alpha value is -1.26. The fraction of sp³-hybridized carbons (Fsp3) is 0.600. The Bertz CT molecular complexity index is 455. The first-order chi connectivity index (χ1) is 9.08. The van der Waals surface area contributed by atoms with E-state index in [2.05, 4.69) is 13.8 Å². The van der Waals surface area contributed by atoms with Gasteiger partial charge in [0.2, 0.25) is 0 Å². The Morgan fingerprint density at radius 2 is 2.00 bits per heavy atom. The molecule has 0 saturated carbocycles. The first-order valence-electron chi connectivity index (χ1n) is 6.60. The zero-order chi connectivity index (χ0) is 14.0. The highest BCUT2D eigenvalue weighted by molar-refractivity contribution is 5.51. The van der Waals surface area contributed by atoms with Gasteiger partial charge in [0.1, 0.15) is 11.5 Å². The maximum atomic E-state index is 5.88. The normalized spacial score (nSPS) is 18.6. The van der Waals surface area contributed by atoms with Gasteiger partial charge < -0.3 is 19.9 Å². The van der Waals surface area contributed by atoms with Crippen molar-refractivity contribution in [3.05, 3.63) is 23.3 Å². The molecule has 1 unspecified atom stereocenters. The minimum atomic E-state index is -0.0313. The highest BCUT2D eigenvalue weighted by Crippen LogP contribution is 2.46. The zero-order valence-electron chi connectivity index (χ0n) is 12.2. The first-order valence-corrected chi connectivity index (χ1v) is 6.60. The van der Waals surface area contributed by atoms with Gasteiger partial charge in [-0.15, -0.1) is 0 Å². The number of nitrogens with two attached hydrogens (primary N) is 1. The van der Waals surface area contributed by atoms with Gasteiger partial charge in [-0.25, -0.2) is 0 Å². The number of methoxy groups -OCH3 is 2. The van der Waals surface area contributed by atoms with E-state index in [0.717, 1.165) is 11.5 Å². The van der Waals surface area contributed by atoms with Crippen LogP contribution in [0.15, 0.2) is 12.1 Å². The maximum absolute atomic E-state index is 5.88. The second kappa shape index (κ2) is 5.39. The summed E-state index contributed by atoms with van der Waals surface area (Å²) in [7, 11) is 3.36. The smallest absolute Gasteiger partial charge is 0.126 e. The van der Waals surface area contributed by atoms with E-state index in [4.69, 9.17) is 19.9 Å². The summed E-state index contributed by atoms with van der Waals surface area (Å²) in [6, 6.07) is 3.98. The molecular weight excluding hydrogens is 242 g/mol. The van der Waals surface area contributed by atoms with Crippen LogP contribution in [0.25, 0.3) is 0 Å². The van der Waals surface area contributed by atoms with Gasteiger partial charge in [0.05, 0.1) is 27.4 Å². The molecule has 0 aliphatic carbocycles. The molecule has 2 N–H and O–H groups in total. The van der Waals surface area contributed by atoms with E-state index in [0.29, 0.717) is 25.7 Å². The van der Waals surface area contributed by atoms with Crippen LogP contribution in [0.4, 0.5) is 0 Å². The van der Waals surface area contributed by atoms with Crippen molar-refractivity contribution in [2.45, 2.75) is 19.3 Å². The van der Waals surface area contributed by atoms with E-state index < -0.39 is 0 Å². The van der Waals surface area contributed by atoms with Crippen LogP contribution in [0.5, 0.6) is 11.5 Å². The Morgan fingerprint density at radius 1 is 1.32 bits per heavy atom. The lowest BCUT2D eigenvalue weighted by atomic mass is 9.67. The molecule has 0 aromatic heterocycles. The molecule has 1 aliphatic rings. The van der Waals surface area contributed by atoms with Crippen molar-refractivity contribution in [1.82, 2.24) is 0 Å². The van der Waals surface area contributed by atoms with Gasteiger partial charge in [-0.2, -0.15) is 0 Å².